The normalized spacial score (nSPS) is 21.8. The summed E-state index contributed by atoms with van der Waals surface area (Å²) in [4.78, 5) is 14.5. The smallest absolute Gasteiger partial charge is 0.220 e. The molecule has 24 heavy (non-hydrogen) atoms. The van der Waals surface area contributed by atoms with Gasteiger partial charge < -0.3 is 14.6 Å². The van der Waals surface area contributed by atoms with Crippen LogP contribution in [0.5, 0.6) is 0 Å². The lowest BCUT2D eigenvalue weighted by atomic mass is 9.84. The molecule has 1 aromatic heterocycles. The highest BCUT2D eigenvalue weighted by Crippen LogP contribution is 2.47. The summed E-state index contributed by atoms with van der Waals surface area (Å²) in [5.41, 5.74) is 0.0611. The Morgan fingerprint density at radius 1 is 1.38 bits per heavy atom. The molecule has 0 unspecified atom stereocenters. The molecule has 1 fully saturated rings. The van der Waals surface area contributed by atoms with Crippen LogP contribution in [0.3, 0.4) is 0 Å². The molecule has 0 radical (unpaired) electrons. The first-order valence-electron chi connectivity index (χ1n) is 9.19. The van der Waals surface area contributed by atoms with Crippen LogP contribution in [0.4, 0.5) is 0 Å². The highest BCUT2D eigenvalue weighted by atomic mass is 16.3. The van der Waals surface area contributed by atoms with Gasteiger partial charge in [-0.25, -0.2) is 0 Å². The Balaban J connectivity index is 1.80. The van der Waals surface area contributed by atoms with Crippen LogP contribution in [-0.2, 0) is 11.2 Å². The van der Waals surface area contributed by atoms with Gasteiger partial charge in [0.25, 0.3) is 0 Å². The van der Waals surface area contributed by atoms with Gasteiger partial charge in [-0.3, -0.25) is 4.79 Å². The van der Waals surface area contributed by atoms with Crippen molar-refractivity contribution in [1.82, 2.24) is 10.2 Å². The van der Waals surface area contributed by atoms with Gasteiger partial charge in [0.05, 0.1) is 0 Å². The molecule has 1 N–H and O–H groups in total. The number of rotatable bonds is 8. The second kappa shape index (κ2) is 7.73. The number of nitrogens with one attached hydrogen (secondary N) is 1. The molecule has 4 heteroatoms. The maximum absolute atomic E-state index is 12.4. The largest absolute Gasteiger partial charge is 0.466 e. The molecule has 2 rings (SSSR count). The third-order valence-electron chi connectivity index (χ3n) is 5.00. The molecule has 1 aliphatic carbocycles. The van der Waals surface area contributed by atoms with Gasteiger partial charge in [0.15, 0.2) is 0 Å². The quantitative estimate of drug-likeness (QED) is 0.786. The highest BCUT2D eigenvalue weighted by Gasteiger charge is 2.36. The fraction of sp³-hybridized carbons (Fsp3) is 0.750. The monoisotopic (exact) mass is 334 g/mol. The number of furan rings is 1. The minimum absolute atomic E-state index is 0.0611. The van der Waals surface area contributed by atoms with E-state index in [1.54, 1.807) is 0 Å². The van der Waals surface area contributed by atoms with Gasteiger partial charge in [-0.2, -0.15) is 0 Å². The van der Waals surface area contributed by atoms with Crippen molar-refractivity contribution in [2.24, 2.45) is 11.3 Å². The molecule has 0 aromatic carbocycles. The van der Waals surface area contributed by atoms with Crippen molar-refractivity contribution in [3.63, 3.8) is 0 Å². The van der Waals surface area contributed by atoms with Crippen LogP contribution < -0.4 is 5.32 Å². The molecule has 1 aromatic rings. The number of aryl methyl sites for hydroxylation is 1. The molecule has 1 aliphatic rings. The summed E-state index contributed by atoms with van der Waals surface area (Å²) >= 11 is 0. The van der Waals surface area contributed by atoms with Crippen LogP contribution in [-0.4, -0.2) is 37.5 Å². The number of carbonyl (C=O) groups is 1. The van der Waals surface area contributed by atoms with Gasteiger partial charge in [0.1, 0.15) is 11.5 Å². The maximum atomic E-state index is 12.4. The topological polar surface area (TPSA) is 45.5 Å². The molecule has 136 valence electrons. The van der Waals surface area contributed by atoms with Gasteiger partial charge in [-0.15, -0.1) is 0 Å². The van der Waals surface area contributed by atoms with Crippen molar-refractivity contribution < 1.29 is 9.21 Å². The van der Waals surface area contributed by atoms with Gasteiger partial charge in [-0.1, -0.05) is 27.7 Å². The second-order valence-electron chi connectivity index (χ2n) is 8.70. The Labute approximate surface area is 147 Å². The van der Waals surface area contributed by atoms with Gasteiger partial charge in [-0.05, 0) is 56.9 Å². The fourth-order valence-electron chi connectivity index (χ4n) is 3.06. The lowest BCUT2D eigenvalue weighted by Crippen LogP contribution is -2.45. The van der Waals surface area contributed by atoms with E-state index < -0.39 is 0 Å². The summed E-state index contributed by atoms with van der Waals surface area (Å²) in [5.74, 6) is 3.49. The standard InChI is InChI=1S/C20H34N2O2/c1-14-13-16(14)17-9-7-15(24-17)8-10-19(23)21-18(20(2,3)4)11-12-22(5)6/h7,9,14,16,18H,8,10-13H2,1-6H3,(H,21,23)/t14-,16+,18+/m1/s1. The Hall–Kier alpha value is -1.29. The number of hydrogen-bond donors (Lipinski definition) is 1. The first-order chi connectivity index (χ1) is 11.2. The molecular weight excluding hydrogens is 300 g/mol. The summed E-state index contributed by atoms with van der Waals surface area (Å²) in [7, 11) is 4.13. The Bertz CT molecular complexity index is 542. The molecular formula is C20H34N2O2. The van der Waals surface area contributed by atoms with Gasteiger partial charge in [0, 0.05) is 24.8 Å². The molecule has 0 saturated heterocycles. The van der Waals surface area contributed by atoms with E-state index in [0.29, 0.717) is 18.8 Å². The molecule has 0 aliphatic heterocycles. The third-order valence-corrected chi connectivity index (χ3v) is 5.00. The van der Waals surface area contributed by atoms with E-state index in [1.165, 1.54) is 6.42 Å². The van der Waals surface area contributed by atoms with E-state index in [-0.39, 0.29) is 17.4 Å². The zero-order valence-electron chi connectivity index (χ0n) is 16.2. The van der Waals surface area contributed by atoms with Crippen molar-refractivity contribution in [1.29, 1.82) is 0 Å². The van der Waals surface area contributed by atoms with E-state index in [4.69, 9.17) is 4.42 Å². The Morgan fingerprint density at radius 2 is 2.04 bits per heavy atom. The number of nitrogens with zero attached hydrogens (tertiary/aromatic N) is 1. The molecule has 1 saturated carbocycles. The van der Waals surface area contributed by atoms with Crippen LogP contribution in [0, 0.1) is 11.3 Å². The molecule has 1 heterocycles. The second-order valence-corrected chi connectivity index (χ2v) is 8.70. The average molecular weight is 335 g/mol. The summed E-state index contributed by atoms with van der Waals surface area (Å²) < 4.78 is 5.89. The predicted molar refractivity (Wildman–Crippen MR) is 98.1 cm³/mol. The first kappa shape index (κ1) is 19.0. The first-order valence-corrected chi connectivity index (χ1v) is 9.19. The van der Waals surface area contributed by atoms with Crippen LogP contribution >= 0.6 is 0 Å². The predicted octanol–water partition coefficient (Wildman–Crippen LogP) is 3.82. The zero-order valence-corrected chi connectivity index (χ0v) is 16.2. The summed E-state index contributed by atoms with van der Waals surface area (Å²) in [6.07, 6.45) is 3.36. The Morgan fingerprint density at radius 3 is 2.58 bits per heavy atom. The van der Waals surface area contributed by atoms with Crippen LogP contribution in [0.1, 0.15) is 64.4 Å². The Kier molecular flexibility index (Phi) is 6.13. The van der Waals surface area contributed by atoms with E-state index in [0.717, 1.165) is 30.4 Å². The van der Waals surface area contributed by atoms with Crippen LogP contribution in [0.15, 0.2) is 16.5 Å². The maximum Gasteiger partial charge on any atom is 0.220 e. The van der Waals surface area contributed by atoms with E-state index in [9.17, 15) is 4.79 Å². The van der Waals surface area contributed by atoms with E-state index in [2.05, 4.69) is 58.1 Å². The summed E-state index contributed by atoms with van der Waals surface area (Å²) in [5, 5.41) is 3.22. The molecule has 3 atom stereocenters. The fourth-order valence-corrected chi connectivity index (χ4v) is 3.06. The van der Waals surface area contributed by atoms with Crippen molar-refractivity contribution in [3.8, 4) is 0 Å². The van der Waals surface area contributed by atoms with Crippen molar-refractivity contribution in [2.45, 2.75) is 65.3 Å². The lowest BCUT2D eigenvalue weighted by molar-refractivity contribution is -0.122. The highest BCUT2D eigenvalue weighted by molar-refractivity contribution is 5.76. The van der Waals surface area contributed by atoms with Crippen molar-refractivity contribution in [2.75, 3.05) is 20.6 Å². The van der Waals surface area contributed by atoms with E-state index >= 15 is 0 Å². The van der Waals surface area contributed by atoms with Crippen LogP contribution in [0.25, 0.3) is 0 Å². The SMILES string of the molecule is C[C@@H]1C[C@@H]1c1ccc(CCC(=O)N[C@@H](CCN(C)C)C(C)(C)C)o1. The lowest BCUT2D eigenvalue weighted by Gasteiger charge is -2.32. The minimum atomic E-state index is 0.0611. The summed E-state index contributed by atoms with van der Waals surface area (Å²) in [6, 6.07) is 4.30. The molecule has 0 spiro atoms. The number of carbonyl (C=O) groups excluding carboxylic acids is 1. The minimum Gasteiger partial charge on any atom is -0.466 e. The van der Waals surface area contributed by atoms with Gasteiger partial charge in [0.2, 0.25) is 5.91 Å². The average Bonchev–Trinajstić information content (AvgIpc) is 3.01. The van der Waals surface area contributed by atoms with Crippen LogP contribution in [0.2, 0.25) is 0 Å². The molecule has 1 amide bonds. The number of hydrogen-bond acceptors (Lipinski definition) is 3. The van der Waals surface area contributed by atoms with Crippen molar-refractivity contribution >= 4 is 5.91 Å². The summed E-state index contributed by atoms with van der Waals surface area (Å²) in [6.45, 7) is 9.78. The number of amides is 1. The van der Waals surface area contributed by atoms with Gasteiger partial charge >= 0.3 is 0 Å². The molecule has 0 bridgehead atoms. The zero-order chi connectivity index (χ0) is 17.9. The molecule has 4 nitrogen and oxygen atoms in total. The third kappa shape index (κ3) is 5.66. The van der Waals surface area contributed by atoms with E-state index in [1.807, 2.05) is 6.07 Å². The van der Waals surface area contributed by atoms with Crippen molar-refractivity contribution in [3.05, 3.63) is 23.7 Å².